The molecule has 2 heterocycles. The van der Waals surface area contributed by atoms with Gasteiger partial charge in [0.15, 0.2) is 0 Å². The summed E-state index contributed by atoms with van der Waals surface area (Å²) < 4.78 is 33.2. The summed E-state index contributed by atoms with van der Waals surface area (Å²) in [5, 5.41) is 0. The quantitative estimate of drug-likeness (QED) is 0.820. The van der Waals surface area contributed by atoms with Crippen molar-refractivity contribution in [2.45, 2.75) is 31.6 Å². The minimum absolute atomic E-state index is 0.0944. The van der Waals surface area contributed by atoms with E-state index < -0.39 is 10.0 Å². The second-order valence-corrected chi connectivity index (χ2v) is 9.70. The van der Waals surface area contributed by atoms with E-state index in [1.54, 1.807) is 25.2 Å². The molecule has 1 saturated heterocycles. The second-order valence-electron chi connectivity index (χ2n) is 7.69. The Morgan fingerprint density at radius 1 is 1.21 bits per heavy atom. The first kappa shape index (κ1) is 17.7. The fraction of sp³-hybridized carbons (Fsp3) is 0.667. The molecule has 0 N–H and O–H groups in total. The van der Waals surface area contributed by atoms with E-state index in [-0.39, 0.29) is 10.3 Å². The molecule has 24 heavy (non-hydrogen) atoms. The normalized spacial score (nSPS) is 24.2. The zero-order valence-corrected chi connectivity index (χ0v) is 15.7. The smallest absolute Gasteiger partial charge is 0.246 e. The van der Waals surface area contributed by atoms with Crippen molar-refractivity contribution in [1.29, 1.82) is 0 Å². The molecule has 6 heteroatoms. The molecule has 1 spiro atoms. The standard InChI is InChI=1S/C18H28N2O3S/c1-15(2)12-20-10-8-18(9-11-20)13-19(3)24(21,22)17-7-5-4-6-16(17)23-14-18/h4-7,15H,8-14H2,1-3H3. The van der Waals surface area contributed by atoms with E-state index in [0.29, 0.717) is 24.8 Å². The molecule has 3 rings (SSSR count). The van der Waals surface area contributed by atoms with Gasteiger partial charge in [0.25, 0.3) is 0 Å². The highest BCUT2D eigenvalue weighted by molar-refractivity contribution is 7.89. The molecule has 0 bridgehead atoms. The highest BCUT2D eigenvalue weighted by Crippen LogP contribution is 2.38. The largest absolute Gasteiger partial charge is 0.492 e. The molecular formula is C18H28N2O3S. The van der Waals surface area contributed by atoms with E-state index in [4.69, 9.17) is 4.74 Å². The van der Waals surface area contributed by atoms with Crippen molar-refractivity contribution < 1.29 is 13.2 Å². The van der Waals surface area contributed by atoms with Crippen molar-refractivity contribution in [3.05, 3.63) is 24.3 Å². The van der Waals surface area contributed by atoms with Gasteiger partial charge in [-0.25, -0.2) is 12.7 Å². The average molecular weight is 353 g/mol. The zero-order valence-electron chi connectivity index (χ0n) is 14.9. The number of nitrogens with zero attached hydrogens (tertiary/aromatic N) is 2. The Balaban J connectivity index is 1.82. The van der Waals surface area contributed by atoms with Crippen molar-refractivity contribution in [3.8, 4) is 5.75 Å². The van der Waals surface area contributed by atoms with E-state index in [0.717, 1.165) is 32.5 Å². The third kappa shape index (κ3) is 3.46. The summed E-state index contributed by atoms with van der Waals surface area (Å²) in [5.41, 5.74) is -0.0944. The van der Waals surface area contributed by atoms with E-state index >= 15 is 0 Å². The van der Waals surface area contributed by atoms with Gasteiger partial charge >= 0.3 is 0 Å². The summed E-state index contributed by atoms with van der Waals surface area (Å²) >= 11 is 0. The van der Waals surface area contributed by atoms with Gasteiger partial charge in [-0.3, -0.25) is 0 Å². The van der Waals surface area contributed by atoms with Crippen LogP contribution in [0.25, 0.3) is 0 Å². The van der Waals surface area contributed by atoms with Crippen molar-refractivity contribution in [2.24, 2.45) is 11.3 Å². The molecule has 134 valence electrons. The number of sulfonamides is 1. The summed E-state index contributed by atoms with van der Waals surface area (Å²) in [7, 11) is -1.80. The van der Waals surface area contributed by atoms with Gasteiger partial charge in [0.05, 0.1) is 6.61 Å². The highest BCUT2D eigenvalue weighted by Gasteiger charge is 2.41. The van der Waals surface area contributed by atoms with Crippen LogP contribution in [0.15, 0.2) is 29.2 Å². The minimum atomic E-state index is -3.49. The van der Waals surface area contributed by atoms with Crippen LogP contribution in [0.2, 0.25) is 0 Å². The molecule has 0 atom stereocenters. The summed E-state index contributed by atoms with van der Waals surface area (Å²) in [6.07, 6.45) is 1.95. The fourth-order valence-electron chi connectivity index (χ4n) is 3.81. The molecule has 5 nitrogen and oxygen atoms in total. The fourth-order valence-corrected chi connectivity index (χ4v) is 5.22. The summed E-state index contributed by atoms with van der Waals surface area (Å²) in [6.45, 7) is 8.71. The van der Waals surface area contributed by atoms with Crippen molar-refractivity contribution in [3.63, 3.8) is 0 Å². The van der Waals surface area contributed by atoms with Crippen molar-refractivity contribution in [2.75, 3.05) is 39.8 Å². The van der Waals surface area contributed by atoms with Crippen LogP contribution in [-0.2, 0) is 10.0 Å². The number of piperidine rings is 1. The molecule has 0 amide bonds. The molecular weight excluding hydrogens is 324 g/mol. The van der Waals surface area contributed by atoms with Gasteiger partial charge in [-0.15, -0.1) is 0 Å². The van der Waals surface area contributed by atoms with Crippen LogP contribution < -0.4 is 4.74 Å². The Kier molecular flexibility index (Phi) is 4.91. The lowest BCUT2D eigenvalue weighted by Crippen LogP contribution is -2.51. The van der Waals surface area contributed by atoms with Gasteiger partial charge < -0.3 is 9.64 Å². The Hall–Kier alpha value is -1.11. The first-order valence-corrected chi connectivity index (χ1v) is 10.2. The Morgan fingerprint density at radius 2 is 1.88 bits per heavy atom. The maximum Gasteiger partial charge on any atom is 0.246 e. The van der Waals surface area contributed by atoms with Gasteiger partial charge in [-0.1, -0.05) is 26.0 Å². The number of hydrogen-bond acceptors (Lipinski definition) is 4. The molecule has 0 unspecified atom stereocenters. The molecule has 0 aromatic heterocycles. The van der Waals surface area contributed by atoms with Crippen molar-refractivity contribution >= 4 is 10.0 Å². The molecule has 2 aliphatic rings. The lowest BCUT2D eigenvalue weighted by molar-refractivity contribution is 0.0351. The van der Waals surface area contributed by atoms with Crippen LogP contribution in [0.3, 0.4) is 0 Å². The van der Waals surface area contributed by atoms with Crippen LogP contribution in [0.1, 0.15) is 26.7 Å². The van der Waals surface area contributed by atoms with Crippen LogP contribution in [0.5, 0.6) is 5.75 Å². The van der Waals surface area contributed by atoms with Gasteiger partial charge in [0, 0.05) is 25.6 Å². The lowest BCUT2D eigenvalue weighted by Gasteiger charge is -2.44. The topological polar surface area (TPSA) is 49.9 Å². The van der Waals surface area contributed by atoms with Crippen LogP contribution in [0, 0.1) is 11.3 Å². The van der Waals surface area contributed by atoms with Gasteiger partial charge in [0.1, 0.15) is 10.6 Å². The molecule has 0 radical (unpaired) electrons. The van der Waals surface area contributed by atoms with Gasteiger partial charge in [-0.05, 0) is 44.0 Å². The predicted molar refractivity (Wildman–Crippen MR) is 94.7 cm³/mol. The summed E-state index contributed by atoms with van der Waals surface area (Å²) in [5.74, 6) is 1.13. The molecule has 2 aliphatic heterocycles. The van der Waals surface area contributed by atoms with Crippen LogP contribution in [0.4, 0.5) is 0 Å². The Bertz CT molecular complexity index is 679. The summed E-state index contributed by atoms with van der Waals surface area (Å²) in [6, 6.07) is 6.96. The first-order chi connectivity index (χ1) is 11.3. The number of likely N-dealkylation sites (tertiary alicyclic amines) is 1. The summed E-state index contributed by atoms with van der Waals surface area (Å²) in [4.78, 5) is 2.76. The molecule has 0 aliphatic carbocycles. The average Bonchev–Trinajstić information content (AvgIpc) is 2.54. The SMILES string of the molecule is CC(C)CN1CCC2(CC1)COc1ccccc1S(=O)(=O)N(C)C2. The lowest BCUT2D eigenvalue weighted by atomic mass is 9.78. The number of ether oxygens (including phenoxy) is 1. The van der Waals surface area contributed by atoms with Gasteiger partial charge in [0.2, 0.25) is 10.0 Å². The number of benzene rings is 1. The molecule has 1 aromatic rings. The zero-order chi connectivity index (χ0) is 17.4. The highest BCUT2D eigenvalue weighted by atomic mass is 32.2. The van der Waals surface area contributed by atoms with E-state index in [2.05, 4.69) is 18.7 Å². The second kappa shape index (κ2) is 6.65. The Labute approximate surface area is 145 Å². The van der Waals surface area contributed by atoms with E-state index in [9.17, 15) is 8.42 Å². The number of fused-ring (bicyclic) bond motifs is 1. The minimum Gasteiger partial charge on any atom is -0.492 e. The van der Waals surface area contributed by atoms with Crippen LogP contribution >= 0.6 is 0 Å². The first-order valence-electron chi connectivity index (χ1n) is 8.73. The van der Waals surface area contributed by atoms with Crippen LogP contribution in [-0.4, -0.2) is 57.5 Å². The number of rotatable bonds is 2. The maximum atomic E-state index is 12.8. The Morgan fingerprint density at radius 3 is 2.54 bits per heavy atom. The third-order valence-electron chi connectivity index (χ3n) is 5.17. The van der Waals surface area contributed by atoms with Crippen molar-refractivity contribution in [1.82, 2.24) is 9.21 Å². The maximum absolute atomic E-state index is 12.8. The van der Waals surface area contributed by atoms with Gasteiger partial charge in [-0.2, -0.15) is 0 Å². The number of hydrogen-bond donors (Lipinski definition) is 0. The molecule has 1 aromatic carbocycles. The predicted octanol–water partition coefficient (Wildman–Crippen LogP) is 2.44. The van der Waals surface area contributed by atoms with E-state index in [1.807, 2.05) is 6.07 Å². The molecule has 0 saturated carbocycles. The molecule has 1 fully saturated rings. The monoisotopic (exact) mass is 352 g/mol. The van der Waals surface area contributed by atoms with E-state index in [1.165, 1.54) is 4.31 Å². The third-order valence-corrected chi connectivity index (χ3v) is 7.01. The number of para-hydroxylation sites is 1.